The highest BCUT2D eigenvalue weighted by Gasteiger charge is 2.35. The average molecular weight is 221 g/mol. The van der Waals surface area contributed by atoms with Crippen LogP contribution in [0, 0.1) is 0 Å². The molecule has 1 aliphatic carbocycles. The Morgan fingerprint density at radius 3 is 3.00 bits per heavy atom. The number of methoxy groups -OCH3 is 1. The van der Waals surface area contributed by atoms with Gasteiger partial charge in [0.25, 0.3) is 0 Å². The molecule has 1 fully saturated rings. The molecule has 16 heavy (non-hydrogen) atoms. The number of ether oxygens (including phenoxy) is 1. The van der Waals surface area contributed by atoms with E-state index in [-0.39, 0.29) is 6.04 Å². The predicted molar refractivity (Wildman–Crippen MR) is 63.5 cm³/mol. The van der Waals surface area contributed by atoms with Crippen LogP contribution in [-0.2, 0) is 6.42 Å². The Kier molecular flexibility index (Phi) is 3.17. The summed E-state index contributed by atoms with van der Waals surface area (Å²) < 4.78 is 5.17. The molecular formula is C13H19NO2. The van der Waals surface area contributed by atoms with Crippen LogP contribution in [0.15, 0.2) is 24.3 Å². The Balaban J connectivity index is 2.08. The Hall–Kier alpha value is -1.06. The van der Waals surface area contributed by atoms with Gasteiger partial charge in [-0.3, -0.25) is 0 Å². The lowest BCUT2D eigenvalue weighted by atomic mass is 9.93. The minimum Gasteiger partial charge on any atom is -0.497 e. The number of nitrogens with two attached hydrogens (primary N) is 1. The standard InChI is InChI=1S/C13H19NO2/c1-16-12-4-2-3-10(7-12)8-13(15)6-5-11(14)9-13/h2-4,7,11,15H,5-6,8-9,14H2,1H3. The number of hydrogen-bond acceptors (Lipinski definition) is 3. The Bertz CT molecular complexity index is 367. The van der Waals surface area contributed by atoms with E-state index in [1.807, 2.05) is 24.3 Å². The van der Waals surface area contributed by atoms with Gasteiger partial charge in [0.2, 0.25) is 0 Å². The lowest BCUT2D eigenvalue weighted by Gasteiger charge is -2.22. The molecule has 0 heterocycles. The zero-order valence-electron chi connectivity index (χ0n) is 9.65. The average Bonchev–Trinajstić information content (AvgIpc) is 2.58. The molecule has 3 N–H and O–H groups in total. The molecule has 1 saturated carbocycles. The largest absolute Gasteiger partial charge is 0.497 e. The van der Waals surface area contributed by atoms with Crippen molar-refractivity contribution in [3.05, 3.63) is 29.8 Å². The molecule has 0 radical (unpaired) electrons. The van der Waals surface area contributed by atoms with Gasteiger partial charge < -0.3 is 15.6 Å². The van der Waals surface area contributed by atoms with Crippen LogP contribution in [0.4, 0.5) is 0 Å². The van der Waals surface area contributed by atoms with Crippen molar-refractivity contribution in [2.24, 2.45) is 5.73 Å². The van der Waals surface area contributed by atoms with Crippen molar-refractivity contribution in [3.63, 3.8) is 0 Å². The Morgan fingerprint density at radius 1 is 1.56 bits per heavy atom. The maximum absolute atomic E-state index is 10.4. The summed E-state index contributed by atoms with van der Waals surface area (Å²) >= 11 is 0. The lowest BCUT2D eigenvalue weighted by molar-refractivity contribution is 0.0468. The summed E-state index contributed by atoms with van der Waals surface area (Å²) in [6.07, 6.45) is 3.08. The molecule has 1 aromatic rings. The molecular weight excluding hydrogens is 202 g/mol. The van der Waals surface area contributed by atoms with Crippen LogP contribution < -0.4 is 10.5 Å². The lowest BCUT2D eigenvalue weighted by Crippen LogP contribution is -2.30. The van der Waals surface area contributed by atoms with Crippen LogP contribution in [0.25, 0.3) is 0 Å². The van der Waals surface area contributed by atoms with Crippen molar-refractivity contribution >= 4 is 0 Å². The third kappa shape index (κ3) is 2.54. The van der Waals surface area contributed by atoms with E-state index in [0.717, 1.165) is 24.2 Å². The van der Waals surface area contributed by atoms with E-state index in [1.165, 1.54) is 0 Å². The smallest absolute Gasteiger partial charge is 0.119 e. The van der Waals surface area contributed by atoms with Crippen LogP contribution in [0.2, 0.25) is 0 Å². The first kappa shape index (κ1) is 11.4. The molecule has 2 unspecified atom stereocenters. The summed E-state index contributed by atoms with van der Waals surface area (Å²) in [6.45, 7) is 0. The van der Waals surface area contributed by atoms with Crippen LogP contribution in [-0.4, -0.2) is 23.9 Å². The molecule has 0 saturated heterocycles. The van der Waals surface area contributed by atoms with Crippen LogP contribution in [0.5, 0.6) is 5.75 Å². The maximum Gasteiger partial charge on any atom is 0.119 e. The van der Waals surface area contributed by atoms with Gasteiger partial charge in [0.1, 0.15) is 5.75 Å². The maximum atomic E-state index is 10.4. The van der Waals surface area contributed by atoms with E-state index in [1.54, 1.807) is 7.11 Å². The Morgan fingerprint density at radius 2 is 2.38 bits per heavy atom. The molecule has 0 aliphatic heterocycles. The van der Waals surface area contributed by atoms with E-state index in [4.69, 9.17) is 10.5 Å². The van der Waals surface area contributed by atoms with Crippen molar-refractivity contribution in [3.8, 4) is 5.75 Å². The number of hydrogen-bond donors (Lipinski definition) is 2. The SMILES string of the molecule is COc1cccc(CC2(O)CCC(N)C2)c1. The van der Waals surface area contributed by atoms with Crippen LogP contribution in [0.1, 0.15) is 24.8 Å². The molecule has 2 rings (SSSR count). The van der Waals surface area contributed by atoms with Crippen molar-refractivity contribution in [2.75, 3.05) is 7.11 Å². The molecule has 0 spiro atoms. The number of aliphatic hydroxyl groups is 1. The van der Waals surface area contributed by atoms with E-state index in [2.05, 4.69) is 0 Å². The topological polar surface area (TPSA) is 55.5 Å². The van der Waals surface area contributed by atoms with Gasteiger partial charge in [0.15, 0.2) is 0 Å². The monoisotopic (exact) mass is 221 g/mol. The minimum atomic E-state index is -0.619. The molecule has 0 aromatic heterocycles. The van der Waals surface area contributed by atoms with Crippen molar-refractivity contribution in [1.29, 1.82) is 0 Å². The van der Waals surface area contributed by atoms with Gasteiger partial charge in [-0.1, -0.05) is 12.1 Å². The van der Waals surface area contributed by atoms with Crippen LogP contribution >= 0.6 is 0 Å². The fourth-order valence-electron chi connectivity index (χ4n) is 2.47. The minimum absolute atomic E-state index is 0.149. The zero-order valence-corrected chi connectivity index (χ0v) is 9.65. The van der Waals surface area contributed by atoms with Gasteiger partial charge in [0.05, 0.1) is 12.7 Å². The van der Waals surface area contributed by atoms with Crippen molar-refractivity contribution in [1.82, 2.24) is 0 Å². The van der Waals surface area contributed by atoms with Gasteiger partial charge in [0, 0.05) is 12.5 Å². The first-order valence-corrected chi connectivity index (χ1v) is 5.72. The normalized spacial score (nSPS) is 29.3. The van der Waals surface area contributed by atoms with Gasteiger partial charge in [-0.25, -0.2) is 0 Å². The van der Waals surface area contributed by atoms with Gasteiger partial charge in [-0.05, 0) is 37.0 Å². The van der Waals surface area contributed by atoms with Crippen LogP contribution in [0.3, 0.4) is 0 Å². The predicted octanol–water partition coefficient (Wildman–Crippen LogP) is 1.48. The summed E-state index contributed by atoms with van der Waals surface area (Å²) in [5.74, 6) is 0.836. The molecule has 2 atom stereocenters. The van der Waals surface area contributed by atoms with Gasteiger partial charge in [-0.15, -0.1) is 0 Å². The summed E-state index contributed by atoms with van der Waals surface area (Å²) in [4.78, 5) is 0. The summed E-state index contributed by atoms with van der Waals surface area (Å²) in [7, 11) is 1.65. The van der Waals surface area contributed by atoms with Crippen molar-refractivity contribution in [2.45, 2.75) is 37.3 Å². The quantitative estimate of drug-likeness (QED) is 0.813. The molecule has 1 aliphatic rings. The first-order valence-electron chi connectivity index (χ1n) is 5.72. The molecule has 0 amide bonds. The highest BCUT2D eigenvalue weighted by atomic mass is 16.5. The summed E-state index contributed by atoms with van der Waals surface area (Å²) in [5, 5.41) is 10.4. The van der Waals surface area contributed by atoms with Crippen molar-refractivity contribution < 1.29 is 9.84 Å². The molecule has 3 heteroatoms. The van der Waals surface area contributed by atoms with E-state index in [0.29, 0.717) is 12.8 Å². The van der Waals surface area contributed by atoms with E-state index < -0.39 is 5.60 Å². The summed E-state index contributed by atoms with van der Waals surface area (Å²) in [6, 6.07) is 8.00. The second kappa shape index (κ2) is 4.44. The zero-order chi connectivity index (χ0) is 11.6. The fourth-order valence-corrected chi connectivity index (χ4v) is 2.47. The second-order valence-electron chi connectivity index (χ2n) is 4.76. The second-order valence-corrected chi connectivity index (χ2v) is 4.76. The van der Waals surface area contributed by atoms with E-state index in [9.17, 15) is 5.11 Å². The number of benzene rings is 1. The third-order valence-electron chi connectivity index (χ3n) is 3.29. The Labute approximate surface area is 96.2 Å². The molecule has 1 aromatic carbocycles. The highest BCUT2D eigenvalue weighted by Crippen LogP contribution is 2.32. The molecule has 0 bridgehead atoms. The fraction of sp³-hybridized carbons (Fsp3) is 0.538. The van der Waals surface area contributed by atoms with Gasteiger partial charge >= 0.3 is 0 Å². The molecule has 3 nitrogen and oxygen atoms in total. The number of rotatable bonds is 3. The molecule has 88 valence electrons. The highest BCUT2D eigenvalue weighted by molar-refractivity contribution is 5.29. The van der Waals surface area contributed by atoms with Gasteiger partial charge in [-0.2, -0.15) is 0 Å². The third-order valence-corrected chi connectivity index (χ3v) is 3.29. The van der Waals surface area contributed by atoms with E-state index >= 15 is 0 Å². The first-order chi connectivity index (χ1) is 7.61. The summed E-state index contributed by atoms with van der Waals surface area (Å²) in [5.41, 5.74) is 6.32.